The molecule has 2 N–H and O–H groups in total. The van der Waals surface area contributed by atoms with Gasteiger partial charge in [0.05, 0.1) is 24.9 Å². The summed E-state index contributed by atoms with van der Waals surface area (Å²) in [5, 5.41) is 5.54. The van der Waals surface area contributed by atoms with Gasteiger partial charge in [0.25, 0.3) is 0 Å². The first kappa shape index (κ1) is 14.2. The fourth-order valence-corrected chi connectivity index (χ4v) is 1.54. The highest BCUT2D eigenvalue weighted by Gasteiger charge is 2.12. The lowest BCUT2D eigenvalue weighted by Gasteiger charge is -2.13. The van der Waals surface area contributed by atoms with E-state index in [2.05, 4.69) is 17.2 Å². The third kappa shape index (κ3) is 3.56. The number of methoxy groups -OCH3 is 2. The Morgan fingerprint density at radius 2 is 1.89 bits per heavy atom. The van der Waals surface area contributed by atoms with Gasteiger partial charge in [-0.25, -0.2) is 4.79 Å². The van der Waals surface area contributed by atoms with Crippen molar-refractivity contribution in [3.05, 3.63) is 29.4 Å². The summed E-state index contributed by atoms with van der Waals surface area (Å²) in [7, 11) is 2.98. The summed E-state index contributed by atoms with van der Waals surface area (Å²) in [6.07, 6.45) is 0. The molecular formula is C12H15ClN2O3. The topological polar surface area (TPSA) is 59.6 Å². The molecule has 98 valence electrons. The first-order valence-electron chi connectivity index (χ1n) is 5.13. The minimum atomic E-state index is -0.412. The van der Waals surface area contributed by atoms with Gasteiger partial charge in [-0.05, 0) is 6.92 Å². The first-order valence-corrected chi connectivity index (χ1v) is 5.50. The lowest BCUT2D eigenvalue weighted by Crippen LogP contribution is -2.26. The molecule has 0 spiro atoms. The molecule has 0 aliphatic rings. The standard InChI is InChI=1S/C12H15ClN2O3/c1-7(2)14-12(16)15-9-6-10(17-3)8(13)5-11(9)18-4/h5-6H,1H2,2-4H3,(H2,14,15,16). The van der Waals surface area contributed by atoms with Crippen molar-refractivity contribution < 1.29 is 14.3 Å². The highest BCUT2D eigenvalue weighted by molar-refractivity contribution is 6.32. The van der Waals surface area contributed by atoms with E-state index in [9.17, 15) is 4.79 Å². The van der Waals surface area contributed by atoms with E-state index in [0.717, 1.165) is 0 Å². The Balaban J connectivity index is 2.99. The molecule has 0 aromatic heterocycles. The number of rotatable bonds is 4. The zero-order valence-corrected chi connectivity index (χ0v) is 11.2. The van der Waals surface area contributed by atoms with Crippen molar-refractivity contribution in [2.45, 2.75) is 6.92 Å². The number of halogens is 1. The monoisotopic (exact) mass is 270 g/mol. The second kappa shape index (κ2) is 6.16. The highest BCUT2D eigenvalue weighted by Crippen LogP contribution is 2.35. The molecule has 0 saturated heterocycles. The van der Waals surface area contributed by atoms with Crippen molar-refractivity contribution in [1.82, 2.24) is 5.32 Å². The Hall–Kier alpha value is -1.88. The molecule has 0 saturated carbocycles. The number of hydrogen-bond donors (Lipinski definition) is 2. The zero-order chi connectivity index (χ0) is 13.7. The van der Waals surface area contributed by atoms with Crippen LogP contribution in [0.25, 0.3) is 0 Å². The predicted octanol–water partition coefficient (Wildman–Crippen LogP) is 3.01. The Bertz CT molecular complexity index is 475. The SMILES string of the molecule is C=C(C)NC(=O)Nc1cc(OC)c(Cl)cc1OC. The fourth-order valence-electron chi connectivity index (χ4n) is 1.31. The molecule has 0 radical (unpaired) electrons. The molecule has 0 aliphatic heterocycles. The second-order valence-electron chi connectivity index (χ2n) is 3.55. The molecular weight excluding hydrogens is 256 g/mol. The zero-order valence-electron chi connectivity index (χ0n) is 10.5. The smallest absolute Gasteiger partial charge is 0.323 e. The van der Waals surface area contributed by atoms with Gasteiger partial charge in [0, 0.05) is 17.8 Å². The Morgan fingerprint density at radius 3 is 2.39 bits per heavy atom. The van der Waals surface area contributed by atoms with Crippen molar-refractivity contribution in [2.75, 3.05) is 19.5 Å². The third-order valence-corrected chi connectivity index (χ3v) is 2.34. The molecule has 6 heteroatoms. The van der Waals surface area contributed by atoms with Crippen molar-refractivity contribution in [1.29, 1.82) is 0 Å². The van der Waals surface area contributed by atoms with Crippen molar-refractivity contribution in [2.24, 2.45) is 0 Å². The van der Waals surface area contributed by atoms with Gasteiger partial charge in [0.2, 0.25) is 0 Å². The third-order valence-electron chi connectivity index (χ3n) is 2.05. The Morgan fingerprint density at radius 1 is 1.28 bits per heavy atom. The lowest BCUT2D eigenvalue weighted by molar-refractivity contribution is 0.254. The van der Waals surface area contributed by atoms with Crippen molar-refractivity contribution in [3.63, 3.8) is 0 Å². The van der Waals surface area contributed by atoms with E-state index in [1.54, 1.807) is 19.1 Å². The quantitative estimate of drug-likeness (QED) is 0.884. The van der Waals surface area contributed by atoms with Crippen LogP contribution in [0, 0.1) is 0 Å². The van der Waals surface area contributed by atoms with Crippen LogP contribution < -0.4 is 20.1 Å². The van der Waals surface area contributed by atoms with Crippen LogP contribution in [0.4, 0.5) is 10.5 Å². The van der Waals surface area contributed by atoms with Crippen molar-refractivity contribution >= 4 is 23.3 Å². The van der Waals surface area contributed by atoms with E-state index >= 15 is 0 Å². The maximum atomic E-state index is 11.6. The van der Waals surface area contributed by atoms with Gasteiger partial charge in [-0.1, -0.05) is 18.2 Å². The number of benzene rings is 1. The van der Waals surface area contributed by atoms with Gasteiger partial charge in [0.15, 0.2) is 0 Å². The molecule has 0 bridgehead atoms. The summed E-state index contributed by atoms with van der Waals surface area (Å²) in [6.45, 7) is 5.26. The van der Waals surface area contributed by atoms with E-state index < -0.39 is 6.03 Å². The van der Waals surface area contributed by atoms with E-state index in [1.165, 1.54) is 14.2 Å². The second-order valence-corrected chi connectivity index (χ2v) is 3.95. The summed E-state index contributed by atoms with van der Waals surface area (Å²) in [5.74, 6) is 0.890. The maximum Gasteiger partial charge on any atom is 0.323 e. The number of amides is 2. The minimum Gasteiger partial charge on any atom is -0.495 e. The van der Waals surface area contributed by atoms with Gasteiger partial charge >= 0.3 is 6.03 Å². The van der Waals surface area contributed by atoms with Crippen LogP contribution in [0.5, 0.6) is 11.5 Å². The average Bonchev–Trinajstić information content (AvgIpc) is 2.29. The molecule has 1 rings (SSSR count). The summed E-state index contributed by atoms with van der Waals surface area (Å²) in [4.78, 5) is 11.6. The molecule has 1 aromatic carbocycles. The molecule has 2 amide bonds. The van der Waals surface area contributed by atoms with E-state index in [-0.39, 0.29) is 0 Å². The summed E-state index contributed by atoms with van der Waals surface area (Å²) >= 11 is 5.95. The number of allylic oxidation sites excluding steroid dienone is 1. The number of ether oxygens (including phenoxy) is 2. The van der Waals surface area contributed by atoms with Crippen LogP contribution in [0.3, 0.4) is 0 Å². The summed E-state index contributed by atoms with van der Waals surface area (Å²) in [5.41, 5.74) is 0.991. The highest BCUT2D eigenvalue weighted by atomic mass is 35.5. The minimum absolute atomic E-state index is 0.403. The molecule has 5 nitrogen and oxygen atoms in total. The predicted molar refractivity (Wildman–Crippen MR) is 71.5 cm³/mol. The molecule has 0 heterocycles. The van der Waals surface area contributed by atoms with E-state index in [1.807, 2.05) is 0 Å². The van der Waals surface area contributed by atoms with Gasteiger partial charge < -0.3 is 20.1 Å². The van der Waals surface area contributed by atoms with Crippen LogP contribution in [0.2, 0.25) is 5.02 Å². The Kier molecular flexibility index (Phi) is 4.85. The number of anilines is 1. The molecule has 0 unspecified atom stereocenters. The van der Waals surface area contributed by atoms with E-state index in [0.29, 0.717) is 27.9 Å². The Labute approximate surface area is 111 Å². The number of urea groups is 1. The van der Waals surface area contributed by atoms with Crippen LogP contribution in [-0.2, 0) is 0 Å². The number of carbonyl (C=O) groups is 1. The van der Waals surface area contributed by atoms with Gasteiger partial charge in [-0.2, -0.15) is 0 Å². The molecule has 0 aliphatic carbocycles. The normalized spacial score (nSPS) is 9.56. The average molecular weight is 271 g/mol. The summed E-state index contributed by atoms with van der Waals surface area (Å²) < 4.78 is 10.2. The fraction of sp³-hybridized carbons (Fsp3) is 0.250. The van der Waals surface area contributed by atoms with Gasteiger partial charge in [-0.15, -0.1) is 0 Å². The molecule has 18 heavy (non-hydrogen) atoms. The van der Waals surface area contributed by atoms with Crippen LogP contribution in [-0.4, -0.2) is 20.3 Å². The molecule has 1 aromatic rings. The molecule has 0 atom stereocenters. The van der Waals surface area contributed by atoms with Crippen LogP contribution in [0.1, 0.15) is 6.92 Å². The van der Waals surface area contributed by atoms with E-state index in [4.69, 9.17) is 21.1 Å². The maximum absolute atomic E-state index is 11.6. The molecule has 0 fully saturated rings. The lowest BCUT2D eigenvalue weighted by atomic mass is 10.2. The van der Waals surface area contributed by atoms with Crippen molar-refractivity contribution in [3.8, 4) is 11.5 Å². The van der Waals surface area contributed by atoms with Crippen LogP contribution in [0.15, 0.2) is 24.4 Å². The van der Waals surface area contributed by atoms with Gasteiger partial charge in [0.1, 0.15) is 11.5 Å². The number of nitrogens with one attached hydrogen (secondary N) is 2. The van der Waals surface area contributed by atoms with Crippen LogP contribution >= 0.6 is 11.6 Å². The number of hydrogen-bond acceptors (Lipinski definition) is 3. The van der Waals surface area contributed by atoms with Gasteiger partial charge in [-0.3, -0.25) is 0 Å². The number of carbonyl (C=O) groups excluding carboxylic acids is 1. The summed E-state index contributed by atoms with van der Waals surface area (Å²) in [6, 6.07) is 2.74. The largest absolute Gasteiger partial charge is 0.495 e. The first-order chi connectivity index (χ1) is 8.47.